The molecule has 3 aromatic carbocycles. The number of carbonyl (C=O) groups excluding carboxylic acids is 1. The van der Waals surface area contributed by atoms with Gasteiger partial charge in [-0.15, -0.1) is 0 Å². The molecule has 7 heteroatoms. The molecule has 0 heterocycles. The van der Waals surface area contributed by atoms with E-state index < -0.39 is 6.10 Å². The molecule has 1 amide bonds. The lowest BCUT2D eigenvalue weighted by molar-refractivity contribution is -0.127. The van der Waals surface area contributed by atoms with Gasteiger partial charge in [0.25, 0.3) is 5.91 Å². The molecule has 0 saturated heterocycles. The van der Waals surface area contributed by atoms with Gasteiger partial charge in [-0.3, -0.25) is 4.79 Å². The molecule has 1 atom stereocenters. The molecule has 0 aliphatic heterocycles. The van der Waals surface area contributed by atoms with Gasteiger partial charge < -0.3 is 18.9 Å². The minimum Gasteiger partial charge on any atom is -0.493 e. The van der Waals surface area contributed by atoms with Crippen molar-refractivity contribution in [3.05, 3.63) is 83.9 Å². The topological polar surface area (TPSA) is 78.4 Å². The van der Waals surface area contributed by atoms with Crippen molar-refractivity contribution >= 4 is 12.1 Å². The lowest BCUT2D eigenvalue weighted by atomic mass is 10.2. The molecule has 3 aromatic rings. The summed E-state index contributed by atoms with van der Waals surface area (Å²) in [6.45, 7) is 2.14. The van der Waals surface area contributed by atoms with Gasteiger partial charge in [-0.1, -0.05) is 30.3 Å². The Hall–Kier alpha value is -4.00. The lowest BCUT2D eigenvalue weighted by Gasteiger charge is -2.13. The number of rotatable bonds is 10. The summed E-state index contributed by atoms with van der Waals surface area (Å²) in [6.07, 6.45) is 0.791. The maximum atomic E-state index is 12.3. The van der Waals surface area contributed by atoms with E-state index in [1.54, 1.807) is 63.6 Å². The van der Waals surface area contributed by atoms with Crippen molar-refractivity contribution in [3.63, 3.8) is 0 Å². The van der Waals surface area contributed by atoms with Crippen molar-refractivity contribution in [1.82, 2.24) is 5.43 Å². The molecule has 0 spiro atoms. The summed E-state index contributed by atoms with van der Waals surface area (Å²) >= 11 is 0. The Bertz CT molecular complexity index is 1040. The van der Waals surface area contributed by atoms with Crippen LogP contribution in [0, 0.1) is 0 Å². The fraction of sp³-hybridized carbons (Fsp3) is 0.200. The summed E-state index contributed by atoms with van der Waals surface area (Å²) < 4.78 is 21.9. The summed E-state index contributed by atoms with van der Waals surface area (Å²) in [5.74, 6) is 2.11. The highest BCUT2D eigenvalue weighted by atomic mass is 16.5. The van der Waals surface area contributed by atoms with Gasteiger partial charge in [-0.05, 0) is 60.5 Å². The minimum absolute atomic E-state index is 0.369. The average molecular weight is 434 g/mol. The van der Waals surface area contributed by atoms with Crippen molar-refractivity contribution in [2.45, 2.75) is 19.6 Å². The summed E-state index contributed by atoms with van der Waals surface area (Å²) in [6, 6.07) is 22.4. The molecule has 0 radical (unpaired) electrons. The SMILES string of the molecule is COc1ccc(/C=N/NC(=O)C(C)Oc2ccc(OCc3ccccc3)cc2)cc1OC. The van der Waals surface area contributed by atoms with E-state index in [-0.39, 0.29) is 5.91 Å². The quantitative estimate of drug-likeness (QED) is 0.382. The number of hydrogen-bond donors (Lipinski definition) is 1. The number of amides is 1. The summed E-state index contributed by atoms with van der Waals surface area (Å²) in [5.41, 5.74) is 4.32. The molecule has 0 bridgehead atoms. The normalized spacial score (nSPS) is 11.6. The van der Waals surface area contributed by atoms with Crippen molar-refractivity contribution in [1.29, 1.82) is 0 Å². The van der Waals surface area contributed by atoms with Crippen molar-refractivity contribution in [2.24, 2.45) is 5.10 Å². The van der Waals surface area contributed by atoms with Crippen LogP contribution in [0.15, 0.2) is 77.9 Å². The monoisotopic (exact) mass is 434 g/mol. The molecule has 32 heavy (non-hydrogen) atoms. The fourth-order valence-corrected chi connectivity index (χ4v) is 2.81. The second-order valence-electron chi connectivity index (χ2n) is 6.85. The van der Waals surface area contributed by atoms with E-state index in [9.17, 15) is 4.79 Å². The molecular formula is C25H26N2O5. The van der Waals surface area contributed by atoms with Crippen LogP contribution in [0.5, 0.6) is 23.0 Å². The van der Waals surface area contributed by atoms with Gasteiger partial charge in [-0.2, -0.15) is 5.10 Å². The van der Waals surface area contributed by atoms with Gasteiger partial charge in [0.05, 0.1) is 20.4 Å². The molecule has 166 valence electrons. The maximum absolute atomic E-state index is 12.3. The zero-order valence-corrected chi connectivity index (χ0v) is 18.3. The number of hydrogen-bond acceptors (Lipinski definition) is 6. The van der Waals surface area contributed by atoms with Gasteiger partial charge in [-0.25, -0.2) is 5.43 Å². The Labute approximate surface area is 187 Å². The highest BCUT2D eigenvalue weighted by Gasteiger charge is 2.14. The molecule has 1 N–H and O–H groups in total. The molecular weight excluding hydrogens is 408 g/mol. The smallest absolute Gasteiger partial charge is 0.280 e. The number of carbonyl (C=O) groups is 1. The molecule has 7 nitrogen and oxygen atoms in total. The zero-order chi connectivity index (χ0) is 22.8. The van der Waals surface area contributed by atoms with Gasteiger partial charge in [0.15, 0.2) is 17.6 Å². The van der Waals surface area contributed by atoms with Gasteiger partial charge >= 0.3 is 0 Å². The van der Waals surface area contributed by atoms with E-state index >= 15 is 0 Å². The summed E-state index contributed by atoms with van der Waals surface area (Å²) in [7, 11) is 3.13. The van der Waals surface area contributed by atoms with E-state index in [0.29, 0.717) is 23.9 Å². The van der Waals surface area contributed by atoms with E-state index in [1.807, 2.05) is 30.3 Å². The second-order valence-corrected chi connectivity index (χ2v) is 6.85. The van der Waals surface area contributed by atoms with Crippen LogP contribution in [-0.4, -0.2) is 32.4 Å². The minimum atomic E-state index is -0.728. The van der Waals surface area contributed by atoms with Crippen LogP contribution in [0.1, 0.15) is 18.1 Å². The van der Waals surface area contributed by atoms with E-state index in [2.05, 4.69) is 10.5 Å². The second kappa shape index (κ2) is 11.4. The maximum Gasteiger partial charge on any atom is 0.280 e. The number of benzene rings is 3. The number of hydrazone groups is 1. The fourth-order valence-electron chi connectivity index (χ4n) is 2.81. The Kier molecular flexibility index (Phi) is 8.09. The van der Waals surface area contributed by atoms with Crippen LogP contribution < -0.4 is 24.4 Å². The largest absolute Gasteiger partial charge is 0.493 e. The molecule has 0 aromatic heterocycles. The Morgan fingerprint density at radius 3 is 2.31 bits per heavy atom. The van der Waals surface area contributed by atoms with Gasteiger partial charge in [0, 0.05) is 0 Å². The molecule has 0 fully saturated rings. The highest BCUT2D eigenvalue weighted by Crippen LogP contribution is 2.26. The van der Waals surface area contributed by atoms with Crippen LogP contribution in [0.4, 0.5) is 0 Å². The van der Waals surface area contributed by atoms with Crippen LogP contribution in [0.3, 0.4) is 0 Å². The summed E-state index contributed by atoms with van der Waals surface area (Å²) in [5, 5.41) is 3.98. The number of nitrogens with zero attached hydrogens (tertiary/aromatic N) is 1. The first-order chi connectivity index (χ1) is 15.6. The highest BCUT2D eigenvalue weighted by molar-refractivity contribution is 5.84. The standard InChI is InChI=1S/C25H26N2O5/c1-18(25(28)27-26-16-20-9-14-23(29-2)24(15-20)30-3)32-22-12-10-21(11-13-22)31-17-19-7-5-4-6-8-19/h4-16,18H,17H2,1-3H3,(H,27,28)/b26-16+. The predicted molar refractivity (Wildman–Crippen MR) is 123 cm³/mol. The first-order valence-electron chi connectivity index (χ1n) is 10.1. The first kappa shape index (κ1) is 22.7. The van der Waals surface area contributed by atoms with Gasteiger partial charge in [0.1, 0.15) is 18.1 Å². The van der Waals surface area contributed by atoms with Crippen LogP contribution in [-0.2, 0) is 11.4 Å². The van der Waals surface area contributed by atoms with Gasteiger partial charge in [0.2, 0.25) is 0 Å². The third-order valence-electron chi connectivity index (χ3n) is 4.55. The molecule has 0 aliphatic rings. The number of nitrogens with one attached hydrogen (secondary N) is 1. The van der Waals surface area contributed by atoms with Crippen LogP contribution in [0.2, 0.25) is 0 Å². The van der Waals surface area contributed by atoms with Crippen LogP contribution in [0.25, 0.3) is 0 Å². The Morgan fingerprint density at radius 2 is 1.62 bits per heavy atom. The van der Waals surface area contributed by atoms with Crippen molar-refractivity contribution < 1.29 is 23.7 Å². The third kappa shape index (κ3) is 6.50. The van der Waals surface area contributed by atoms with E-state index in [4.69, 9.17) is 18.9 Å². The predicted octanol–water partition coefficient (Wildman–Crippen LogP) is 4.20. The van der Waals surface area contributed by atoms with Crippen molar-refractivity contribution in [3.8, 4) is 23.0 Å². The van der Waals surface area contributed by atoms with Crippen molar-refractivity contribution in [2.75, 3.05) is 14.2 Å². The molecule has 1 unspecified atom stereocenters. The molecule has 0 saturated carbocycles. The number of methoxy groups -OCH3 is 2. The molecule has 3 rings (SSSR count). The number of ether oxygens (including phenoxy) is 4. The third-order valence-corrected chi connectivity index (χ3v) is 4.55. The van der Waals surface area contributed by atoms with E-state index in [0.717, 1.165) is 16.9 Å². The van der Waals surface area contributed by atoms with Crippen LogP contribution >= 0.6 is 0 Å². The summed E-state index contributed by atoms with van der Waals surface area (Å²) in [4.78, 5) is 12.3. The Morgan fingerprint density at radius 1 is 0.938 bits per heavy atom. The average Bonchev–Trinajstić information content (AvgIpc) is 2.84. The molecule has 0 aliphatic carbocycles. The van der Waals surface area contributed by atoms with E-state index in [1.165, 1.54) is 6.21 Å². The lowest BCUT2D eigenvalue weighted by Crippen LogP contribution is -2.33. The Balaban J connectivity index is 1.48. The first-order valence-corrected chi connectivity index (χ1v) is 10.1. The zero-order valence-electron chi connectivity index (χ0n) is 18.3.